The van der Waals surface area contributed by atoms with Crippen LogP contribution < -0.4 is 5.90 Å². The molecule has 0 radical (unpaired) electrons. The van der Waals surface area contributed by atoms with E-state index in [1.165, 1.54) is 0 Å². The number of hydrogen-bond acceptors (Lipinski definition) is 6. The van der Waals surface area contributed by atoms with E-state index in [-0.39, 0.29) is 0 Å². The zero-order chi connectivity index (χ0) is 17.2. The van der Waals surface area contributed by atoms with E-state index in [4.69, 9.17) is 15.5 Å². The lowest BCUT2D eigenvalue weighted by Crippen LogP contribution is -2.29. The number of rotatable bonds is 9. The monoisotopic (exact) mass is 330 g/mol. The van der Waals surface area contributed by atoms with E-state index >= 15 is 0 Å². The van der Waals surface area contributed by atoms with Crippen molar-refractivity contribution in [3.8, 4) is 0 Å². The van der Waals surface area contributed by atoms with E-state index in [1.54, 1.807) is 25.6 Å². The van der Waals surface area contributed by atoms with Gasteiger partial charge in [-0.25, -0.2) is 15.7 Å². The van der Waals surface area contributed by atoms with Gasteiger partial charge in [0.25, 0.3) is 0 Å². The fourth-order valence-corrected chi connectivity index (χ4v) is 2.29. The molecule has 0 aliphatic heterocycles. The number of pyridine rings is 1. The zero-order valence-electron chi connectivity index (χ0n) is 13.7. The summed E-state index contributed by atoms with van der Waals surface area (Å²) in [4.78, 5) is 24.7. The molecule has 7 heteroatoms. The van der Waals surface area contributed by atoms with Crippen molar-refractivity contribution in [1.29, 1.82) is 0 Å². The molecule has 0 bridgehead atoms. The molecule has 0 amide bonds. The molecule has 0 saturated carbocycles. The Morgan fingerprint density at radius 3 is 2.92 bits per heavy atom. The topological polar surface area (TPSA) is 92.3 Å². The van der Waals surface area contributed by atoms with Gasteiger partial charge in [-0.1, -0.05) is 12.1 Å². The third-order valence-corrected chi connectivity index (χ3v) is 3.48. The van der Waals surface area contributed by atoms with Crippen molar-refractivity contribution < 1.29 is 14.4 Å². The van der Waals surface area contributed by atoms with Gasteiger partial charge in [0.05, 0.1) is 12.9 Å². The predicted molar refractivity (Wildman–Crippen MR) is 89.4 cm³/mol. The molecule has 0 aromatic carbocycles. The van der Waals surface area contributed by atoms with Gasteiger partial charge in [-0.2, -0.15) is 0 Å². The van der Waals surface area contributed by atoms with Crippen LogP contribution in [0.15, 0.2) is 49.3 Å². The van der Waals surface area contributed by atoms with E-state index in [0.717, 1.165) is 11.1 Å². The maximum absolute atomic E-state index is 11.7. The third kappa shape index (κ3) is 5.29. The number of carbonyl (C=O) groups is 1. The van der Waals surface area contributed by atoms with Crippen LogP contribution in [0.5, 0.6) is 0 Å². The smallest absolute Gasteiger partial charge is 0.337 e. The van der Waals surface area contributed by atoms with Gasteiger partial charge in [-0.15, -0.1) is 0 Å². The fraction of sp³-hybridized carbons (Fsp3) is 0.353. The van der Waals surface area contributed by atoms with Crippen LogP contribution >= 0.6 is 0 Å². The van der Waals surface area contributed by atoms with Crippen LogP contribution in [-0.2, 0) is 20.9 Å². The van der Waals surface area contributed by atoms with Crippen molar-refractivity contribution in [2.45, 2.75) is 32.4 Å². The number of allylic oxidation sites excluding steroid dienone is 2. The molecule has 1 unspecified atom stereocenters. The highest BCUT2D eigenvalue weighted by Crippen LogP contribution is 2.18. The molecule has 0 fully saturated rings. The first-order valence-corrected chi connectivity index (χ1v) is 7.82. The summed E-state index contributed by atoms with van der Waals surface area (Å²) in [5.41, 5.74) is 2.10. The highest BCUT2D eigenvalue weighted by molar-refractivity contribution is 5.74. The van der Waals surface area contributed by atoms with Crippen molar-refractivity contribution in [3.63, 3.8) is 0 Å². The first-order valence-electron chi connectivity index (χ1n) is 7.82. The van der Waals surface area contributed by atoms with E-state index in [2.05, 4.69) is 16.0 Å². The Kier molecular flexibility index (Phi) is 7.13. The number of nitrogens with two attached hydrogens (primary N) is 1. The number of carbonyl (C=O) groups excluding carboxylic acids is 1. The van der Waals surface area contributed by atoms with Crippen LogP contribution in [0.2, 0.25) is 0 Å². The van der Waals surface area contributed by atoms with Gasteiger partial charge in [0.2, 0.25) is 0 Å². The van der Waals surface area contributed by atoms with Gasteiger partial charge < -0.3 is 9.30 Å². The fourth-order valence-electron chi connectivity index (χ4n) is 2.29. The maximum Gasteiger partial charge on any atom is 0.337 e. The van der Waals surface area contributed by atoms with Gasteiger partial charge in [-0.05, 0) is 37.0 Å². The molecule has 0 spiro atoms. The van der Waals surface area contributed by atoms with Gasteiger partial charge in [-0.3, -0.25) is 9.82 Å². The summed E-state index contributed by atoms with van der Waals surface area (Å²) in [5, 5.41) is 0. The van der Waals surface area contributed by atoms with Crippen LogP contribution in [0.4, 0.5) is 0 Å². The van der Waals surface area contributed by atoms with Crippen molar-refractivity contribution in [2.75, 3.05) is 6.61 Å². The Morgan fingerprint density at radius 1 is 1.42 bits per heavy atom. The largest absolute Gasteiger partial charge is 0.464 e. The van der Waals surface area contributed by atoms with Gasteiger partial charge in [0.15, 0.2) is 6.10 Å². The molecule has 0 aliphatic rings. The average molecular weight is 330 g/mol. The molecule has 7 nitrogen and oxygen atoms in total. The molecular weight excluding hydrogens is 308 g/mol. The van der Waals surface area contributed by atoms with Crippen molar-refractivity contribution in [2.24, 2.45) is 5.90 Å². The highest BCUT2D eigenvalue weighted by atomic mass is 16.6. The minimum Gasteiger partial charge on any atom is -0.464 e. The summed E-state index contributed by atoms with van der Waals surface area (Å²) in [6.45, 7) is 2.71. The molecule has 0 aliphatic carbocycles. The van der Waals surface area contributed by atoms with Crippen LogP contribution in [0.1, 0.15) is 25.3 Å². The summed E-state index contributed by atoms with van der Waals surface area (Å²) < 4.78 is 6.91. The summed E-state index contributed by atoms with van der Waals surface area (Å²) >= 11 is 0. The lowest BCUT2D eigenvalue weighted by atomic mass is 10.0. The van der Waals surface area contributed by atoms with Crippen molar-refractivity contribution in [3.05, 3.63) is 54.9 Å². The van der Waals surface area contributed by atoms with Gasteiger partial charge in [0, 0.05) is 31.3 Å². The number of imidazole rings is 1. The van der Waals surface area contributed by atoms with Crippen molar-refractivity contribution in [1.82, 2.24) is 14.5 Å². The highest BCUT2D eigenvalue weighted by Gasteiger charge is 2.19. The van der Waals surface area contributed by atoms with Crippen LogP contribution in [-0.4, -0.2) is 33.2 Å². The normalized spacial score (nSPS) is 12.8. The quantitative estimate of drug-likeness (QED) is 0.558. The van der Waals surface area contributed by atoms with Crippen LogP contribution in [0.25, 0.3) is 5.57 Å². The lowest BCUT2D eigenvalue weighted by Gasteiger charge is -2.13. The predicted octanol–water partition coefficient (Wildman–Crippen LogP) is 1.96. The Labute approximate surface area is 141 Å². The van der Waals surface area contributed by atoms with E-state index in [1.807, 2.05) is 29.1 Å². The van der Waals surface area contributed by atoms with E-state index in [9.17, 15) is 4.79 Å². The zero-order valence-corrected chi connectivity index (χ0v) is 13.7. The van der Waals surface area contributed by atoms with Crippen LogP contribution in [0, 0.1) is 0 Å². The third-order valence-electron chi connectivity index (χ3n) is 3.48. The standard InChI is InChI=1S/C17H22N4O3/c1-2-23-17(22)16(24-18)7-3-5-15(12-21-10-9-20-13-21)14-6-4-8-19-11-14/h4-6,8-11,13,16H,2-3,7,12,18H2,1H3. The SMILES string of the molecule is CCOC(=O)C(CCC=C(Cn1ccnc1)c1cccnc1)ON. The molecule has 2 aromatic rings. The number of ether oxygens (including phenoxy) is 1. The molecule has 1 atom stereocenters. The van der Waals surface area contributed by atoms with Crippen LogP contribution in [0.3, 0.4) is 0 Å². The summed E-state index contributed by atoms with van der Waals surface area (Å²) in [5.74, 6) is 4.76. The van der Waals surface area contributed by atoms with E-state index in [0.29, 0.717) is 26.0 Å². The molecule has 24 heavy (non-hydrogen) atoms. The second-order valence-corrected chi connectivity index (χ2v) is 5.16. The Bertz CT molecular complexity index is 641. The summed E-state index contributed by atoms with van der Waals surface area (Å²) in [6, 6.07) is 3.89. The maximum atomic E-state index is 11.7. The Hall–Kier alpha value is -2.51. The second kappa shape index (κ2) is 9.59. The van der Waals surface area contributed by atoms with Gasteiger partial charge in [0.1, 0.15) is 0 Å². The summed E-state index contributed by atoms with van der Waals surface area (Å²) in [7, 11) is 0. The lowest BCUT2D eigenvalue weighted by molar-refractivity contribution is -0.157. The molecule has 2 heterocycles. The van der Waals surface area contributed by atoms with Crippen molar-refractivity contribution >= 4 is 11.5 Å². The average Bonchev–Trinajstić information content (AvgIpc) is 3.11. The Morgan fingerprint density at radius 2 is 2.29 bits per heavy atom. The minimum absolute atomic E-state index is 0.302. The molecule has 2 N–H and O–H groups in total. The number of esters is 1. The van der Waals surface area contributed by atoms with E-state index < -0.39 is 12.1 Å². The molecule has 2 aromatic heterocycles. The van der Waals surface area contributed by atoms with Gasteiger partial charge >= 0.3 is 5.97 Å². The minimum atomic E-state index is -0.760. The molecule has 128 valence electrons. The number of aromatic nitrogens is 3. The molecular formula is C17H22N4O3. The second-order valence-electron chi connectivity index (χ2n) is 5.16. The number of nitrogens with zero attached hydrogens (tertiary/aromatic N) is 3. The first-order chi connectivity index (χ1) is 11.7. The molecule has 2 rings (SSSR count). The summed E-state index contributed by atoms with van der Waals surface area (Å²) in [6.07, 6.45) is 11.3. The number of hydrogen-bond donors (Lipinski definition) is 1. The Balaban J connectivity index is 2.06. The first kappa shape index (κ1) is 17.8. The molecule has 0 saturated heterocycles.